The second kappa shape index (κ2) is 5.70. The summed E-state index contributed by atoms with van der Waals surface area (Å²) in [5, 5.41) is 10.8. The third kappa shape index (κ3) is 2.01. The first kappa shape index (κ1) is 16.6. The van der Waals surface area contributed by atoms with Crippen molar-refractivity contribution in [1.82, 2.24) is 9.97 Å². The maximum Gasteiger partial charge on any atom is 0.249 e. The molecular weight excluding hydrogens is 350 g/mol. The zero-order valence-electron chi connectivity index (χ0n) is 15.6. The molecule has 4 aromatic rings. The number of H-pyrrole nitrogens is 1. The van der Waals surface area contributed by atoms with Gasteiger partial charge in [-0.1, -0.05) is 48.0 Å². The summed E-state index contributed by atoms with van der Waals surface area (Å²) >= 11 is 0. The topological polar surface area (TPSA) is 69.2 Å². The second-order valence-electron chi connectivity index (χ2n) is 7.25. The fourth-order valence-corrected chi connectivity index (χ4v) is 4.26. The molecule has 0 saturated carbocycles. The van der Waals surface area contributed by atoms with Crippen LogP contribution in [0, 0.1) is 6.92 Å². The lowest BCUT2D eigenvalue weighted by molar-refractivity contribution is -0.120. The number of hydrogen-bond acceptors (Lipinski definition) is 3. The summed E-state index contributed by atoms with van der Waals surface area (Å²) in [4.78, 5) is 23.6. The molecule has 0 radical (unpaired) electrons. The molecule has 1 amide bonds. The molecule has 0 fully saturated rings. The number of amides is 1. The summed E-state index contributed by atoms with van der Waals surface area (Å²) in [5.74, 6) is 0.439. The molecule has 5 rings (SSSR count). The van der Waals surface area contributed by atoms with Gasteiger partial charge in [0.25, 0.3) is 0 Å². The van der Waals surface area contributed by atoms with Crippen molar-refractivity contribution in [2.24, 2.45) is 0 Å². The van der Waals surface area contributed by atoms with Gasteiger partial charge in [-0.2, -0.15) is 0 Å². The Balaban J connectivity index is 1.94. The molecular formula is C23H19N3O2. The van der Waals surface area contributed by atoms with Crippen LogP contribution in [0.15, 0.2) is 66.7 Å². The number of rotatable bonds is 2. The van der Waals surface area contributed by atoms with E-state index in [1.807, 2.05) is 67.6 Å². The lowest BCUT2D eigenvalue weighted by Gasteiger charge is -2.28. The monoisotopic (exact) mass is 369 g/mol. The van der Waals surface area contributed by atoms with Gasteiger partial charge in [-0.15, -0.1) is 0 Å². The molecule has 2 heterocycles. The smallest absolute Gasteiger partial charge is 0.249 e. The molecule has 28 heavy (non-hydrogen) atoms. The first-order valence-electron chi connectivity index (χ1n) is 9.16. The molecule has 1 aromatic heterocycles. The molecule has 138 valence electrons. The maximum atomic E-state index is 13.8. The zero-order chi connectivity index (χ0) is 19.5. The van der Waals surface area contributed by atoms with Gasteiger partial charge in [0.1, 0.15) is 11.6 Å². The summed E-state index contributed by atoms with van der Waals surface area (Å²) < 4.78 is 0. The van der Waals surface area contributed by atoms with Crippen molar-refractivity contribution in [2.75, 3.05) is 11.9 Å². The Labute approximate surface area is 162 Å². The molecule has 1 atom stereocenters. The van der Waals surface area contributed by atoms with E-state index in [1.54, 1.807) is 18.0 Å². The highest BCUT2D eigenvalue weighted by Crippen LogP contribution is 2.51. The normalized spacial score (nSPS) is 18.6. The predicted molar refractivity (Wildman–Crippen MR) is 109 cm³/mol. The van der Waals surface area contributed by atoms with Crippen LogP contribution in [-0.2, 0) is 10.2 Å². The Morgan fingerprint density at radius 3 is 2.57 bits per heavy atom. The largest absolute Gasteiger partial charge is 0.508 e. The Hall–Kier alpha value is -3.60. The molecule has 0 bridgehead atoms. The van der Waals surface area contributed by atoms with Gasteiger partial charge >= 0.3 is 0 Å². The van der Waals surface area contributed by atoms with Gasteiger partial charge < -0.3 is 15.0 Å². The first-order chi connectivity index (χ1) is 13.5. The summed E-state index contributed by atoms with van der Waals surface area (Å²) in [7, 11) is 1.76. The lowest BCUT2D eigenvalue weighted by atomic mass is 9.73. The van der Waals surface area contributed by atoms with Crippen molar-refractivity contribution >= 4 is 22.6 Å². The highest BCUT2D eigenvalue weighted by Gasteiger charge is 2.55. The number of aromatic nitrogens is 2. The third-order valence-electron chi connectivity index (χ3n) is 5.60. The van der Waals surface area contributed by atoms with Crippen molar-refractivity contribution in [3.63, 3.8) is 0 Å². The van der Waals surface area contributed by atoms with Gasteiger partial charge in [0.15, 0.2) is 5.41 Å². The summed E-state index contributed by atoms with van der Waals surface area (Å²) in [5.41, 5.74) is 3.51. The Morgan fingerprint density at radius 1 is 1.00 bits per heavy atom. The minimum Gasteiger partial charge on any atom is -0.508 e. The average molecular weight is 369 g/mol. The lowest BCUT2D eigenvalue weighted by Crippen LogP contribution is -2.41. The quantitative estimate of drug-likeness (QED) is 0.563. The SMILES string of the molecule is Cc1ccc(O)c(C2(c3nc4ccccc4[nH]3)C(=O)N(C)c3ccccc32)c1. The molecule has 1 aliphatic heterocycles. The van der Waals surface area contributed by atoms with Crippen molar-refractivity contribution in [2.45, 2.75) is 12.3 Å². The number of para-hydroxylation sites is 3. The number of nitrogens with one attached hydrogen (secondary N) is 1. The Bertz CT molecular complexity index is 1210. The minimum absolute atomic E-state index is 0.0736. The number of carbonyl (C=O) groups excluding carboxylic acids is 1. The highest BCUT2D eigenvalue weighted by atomic mass is 16.3. The number of likely N-dealkylation sites (N-methyl/N-ethyl adjacent to an activating group) is 1. The van der Waals surface area contributed by atoms with E-state index in [0.29, 0.717) is 11.4 Å². The van der Waals surface area contributed by atoms with Crippen LogP contribution in [0.1, 0.15) is 22.5 Å². The number of benzene rings is 3. The number of carbonyl (C=O) groups is 1. The molecule has 5 nitrogen and oxygen atoms in total. The van der Waals surface area contributed by atoms with Crippen molar-refractivity contribution < 1.29 is 9.90 Å². The molecule has 1 unspecified atom stereocenters. The zero-order valence-corrected chi connectivity index (χ0v) is 15.6. The number of nitrogens with zero attached hydrogens (tertiary/aromatic N) is 2. The van der Waals surface area contributed by atoms with Crippen molar-refractivity contribution in [3.8, 4) is 5.75 Å². The molecule has 2 N–H and O–H groups in total. The van der Waals surface area contributed by atoms with Crippen LogP contribution in [-0.4, -0.2) is 28.0 Å². The number of aromatic hydroxyl groups is 1. The fraction of sp³-hybridized carbons (Fsp3) is 0.130. The Kier molecular flexibility index (Phi) is 3.37. The van der Waals surface area contributed by atoms with E-state index in [-0.39, 0.29) is 11.7 Å². The molecule has 5 heteroatoms. The van der Waals surface area contributed by atoms with Crippen LogP contribution in [0.25, 0.3) is 11.0 Å². The average Bonchev–Trinajstić information content (AvgIpc) is 3.23. The second-order valence-corrected chi connectivity index (χ2v) is 7.25. The number of imidazole rings is 1. The number of fused-ring (bicyclic) bond motifs is 2. The van der Waals surface area contributed by atoms with Crippen LogP contribution in [0.2, 0.25) is 0 Å². The Morgan fingerprint density at radius 2 is 1.75 bits per heavy atom. The molecule has 3 aromatic carbocycles. The minimum atomic E-state index is -1.24. The summed E-state index contributed by atoms with van der Waals surface area (Å²) in [6.07, 6.45) is 0. The standard InChI is InChI=1S/C23H19N3O2/c1-14-11-12-20(27)16(13-14)23(21-24-17-8-4-5-9-18(17)25-21)15-7-3-6-10-19(15)26(2)22(23)28/h3-13,27H,1-2H3,(H,24,25). The van der Waals surface area contributed by atoms with E-state index in [4.69, 9.17) is 4.98 Å². The van der Waals surface area contributed by atoms with E-state index in [0.717, 1.165) is 27.8 Å². The van der Waals surface area contributed by atoms with Crippen molar-refractivity contribution in [3.05, 3.63) is 89.2 Å². The van der Waals surface area contributed by atoms with Gasteiger partial charge in [-0.05, 0) is 31.2 Å². The van der Waals surface area contributed by atoms with E-state index in [2.05, 4.69) is 4.98 Å². The molecule has 0 aliphatic carbocycles. The van der Waals surface area contributed by atoms with Crippen LogP contribution in [0.4, 0.5) is 5.69 Å². The van der Waals surface area contributed by atoms with Gasteiger partial charge in [0.2, 0.25) is 5.91 Å². The maximum absolute atomic E-state index is 13.8. The third-order valence-corrected chi connectivity index (χ3v) is 5.60. The molecule has 0 saturated heterocycles. The molecule has 0 spiro atoms. The van der Waals surface area contributed by atoms with Gasteiger partial charge in [-0.3, -0.25) is 4.79 Å². The van der Waals surface area contributed by atoms with Gasteiger partial charge in [0, 0.05) is 23.9 Å². The first-order valence-corrected chi connectivity index (χ1v) is 9.16. The van der Waals surface area contributed by atoms with Gasteiger partial charge in [0.05, 0.1) is 11.0 Å². The molecule has 1 aliphatic rings. The van der Waals surface area contributed by atoms with Gasteiger partial charge in [-0.25, -0.2) is 4.98 Å². The number of phenols is 1. The number of hydrogen-bond donors (Lipinski definition) is 2. The van der Waals surface area contributed by atoms with E-state index < -0.39 is 5.41 Å². The van der Waals surface area contributed by atoms with Crippen LogP contribution < -0.4 is 4.90 Å². The fourth-order valence-electron chi connectivity index (χ4n) is 4.26. The number of aryl methyl sites for hydroxylation is 1. The van der Waals surface area contributed by atoms with Crippen LogP contribution >= 0.6 is 0 Å². The van der Waals surface area contributed by atoms with E-state index in [1.165, 1.54) is 0 Å². The van der Waals surface area contributed by atoms with E-state index in [9.17, 15) is 9.90 Å². The van der Waals surface area contributed by atoms with Crippen LogP contribution in [0.5, 0.6) is 5.75 Å². The predicted octanol–water partition coefficient (Wildman–Crippen LogP) is 3.89. The summed E-state index contributed by atoms with van der Waals surface area (Å²) in [6.45, 7) is 1.95. The number of phenolic OH excluding ortho intramolecular Hbond substituents is 1. The summed E-state index contributed by atoms with van der Waals surface area (Å²) in [6, 6.07) is 20.7. The van der Waals surface area contributed by atoms with Crippen molar-refractivity contribution in [1.29, 1.82) is 0 Å². The number of anilines is 1. The van der Waals surface area contributed by atoms with E-state index >= 15 is 0 Å². The van der Waals surface area contributed by atoms with Crippen LogP contribution in [0.3, 0.4) is 0 Å². The highest BCUT2D eigenvalue weighted by molar-refractivity contribution is 6.12. The number of aromatic amines is 1.